The van der Waals surface area contributed by atoms with Crippen LogP contribution in [0.4, 0.5) is 0 Å². The van der Waals surface area contributed by atoms with Crippen LogP contribution in [0.1, 0.15) is 78.4 Å². The molecule has 0 aliphatic heterocycles. The van der Waals surface area contributed by atoms with Crippen molar-refractivity contribution in [2.45, 2.75) is 74.7 Å². The first-order chi connectivity index (χ1) is 20.9. The van der Waals surface area contributed by atoms with Gasteiger partial charge in [0, 0.05) is 0 Å². The van der Waals surface area contributed by atoms with E-state index in [4.69, 9.17) is 17.0 Å². The van der Waals surface area contributed by atoms with E-state index in [1.165, 1.54) is 77.9 Å². The molecule has 4 heteroatoms. The van der Waals surface area contributed by atoms with E-state index in [0.717, 1.165) is 12.8 Å². The summed E-state index contributed by atoms with van der Waals surface area (Å²) >= 11 is -4.76. The van der Waals surface area contributed by atoms with Crippen LogP contribution in [-0.2, 0) is 15.6 Å². The zero-order valence-electron chi connectivity index (χ0n) is 27.5. The van der Waals surface area contributed by atoms with Crippen molar-refractivity contribution in [1.82, 2.24) is 0 Å². The molecule has 2 atom stereocenters. The van der Waals surface area contributed by atoms with E-state index in [2.05, 4.69) is 140 Å². The molecule has 0 heterocycles. The summed E-state index contributed by atoms with van der Waals surface area (Å²) in [4.78, 5) is 0. The van der Waals surface area contributed by atoms with Crippen LogP contribution in [0.5, 0.6) is 0 Å². The summed E-state index contributed by atoms with van der Waals surface area (Å²) in [5, 5.41) is 0. The monoisotopic (exact) mass is 713 g/mol. The average molecular weight is 716 g/mol. The molecule has 0 spiro atoms. The van der Waals surface area contributed by atoms with Crippen molar-refractivity contribution >= 4 is 35.1 Å². The second-order valence-electron chi connectivity index (χ2n) is 13.6. The van der Waals surface area contributed by atoms with Crippen molar-refractivity contribution in [1.29, 1.82) is 0 Å². The SMILES string of the molecule is CCC1=Cc2c(-c3ccc(C)c(C)c3)cccc2[CH]1[Zr]([Cl])([Cl])([CH]1C(CC)=Cc2c(-c3ccc(C)c(C)c3)cccc21)[SiH](C)C. The molecule has 0 saturated heterocycles. The number of rotatable bonds is 7. The van der Waals surface area contributed by atoms with Crippen LogP contribution in [0.15, 0.2) is 83.9 Å². The molecule has 0 fully saturated rings. The summed E-state index contributed by atoms with van der Waals surface area (Å²) in [5.41, 5.74) is 18.7. The van der Waals surface area contributed by atoms with Gasteiger partial charge in [-0.2, -0.15) is 0 Å². The topological polar surface area (TPSA) is 0 Å². The van der Waals surface area contributed by atoms with Gasteiger partial charge < -0.3 is 0 Å². The molecule has 227 valence electrons. The van der Waals surface area contributed by atoms with Crippen LogP contribution in [0.25, 0.3) is 34.4 Å². The van der Waals surface area contributed by atoms with Crippen LogP contribution in [0.3, 0.4) is 0 Å². The van der Waals surface area contributed by atoms with Crippen LogP contribution < -0.4 is 0 Å². The molecule has 2 unspecified atom stereocenters. The normalized spacial score (nSPS) is 18.5. The van der Waals surface area contributed by atoms with Crippen molar-refractivity contribution in [3.05, 3.63) is 128 Å². The summed E-state index contributed by atoms with van der Waals surface area (Å²) in [5.74, 6) is -1.59. The quantitative estimate of drug-likeness (QED) is 0.167. The fourth-order valence-corrected chi connectivity index (χ4v) is 39.8. The maximum atomic E-state index is 8.59. The van der Waals surface area contributed by atoms with Gasteiger partial charge in [-0.25, -0.2) is 0 Å². The summed E-state index contributed by atoms with van der Waals surface area (Å²) in [7, 11) is 17.2. The second-order valence-corrected chi connectivity index (χ2v) is 56.1. The molecule has 4 aromatic carbocycles. The third-order valence-electron chi connectivity index (χ3n) is 11.0. The summed E-state index contributed by atoms with van der Waals surface area (Å²) in [6.45, 7) is 18.3. The van der Waals surface area contributed by atoms with E-state index >= 15 is 0 Å². The first-order valence-corrected chi connectivity index (χ1v) is 32.6. The number of hydrogen-bond donors (Lipinski definition) is 0. The number of benzene rings is 4. The van der Waals surface area contributed by atoms with Gasteiger partial charge in [0.1, 0.15) is 0 Å². The van der Waals surface area contributed by atoms with E-state index in [1.54, 1.807) is 0 Å². The Balaban J connectivity index is 1.57. The average Bonchev–Trinajstić information content (AvgIpc) is 3.59. The van der Waals surface area contributed by atoms with Crippen molar-refractivity contribution in [2.75, 3.05) is 0 Å². The Morgan fingerprint density at radius 3 is 1.34 bits per heavy atom. The Hall–Kier alpha value is -1.96. The van der Waals surface area contributed by atoms with Crippen LogP contribution in [0, 0.1) is 27.7 Å². The fourth-order valence-electron chi connectivity index (χ4n) is 8.00. The van der Waals surface area contributed by atoms with Gasteiger partial charge in [0.25, 0.3) is 0 Å². The zero-order chi connectivity index (χ0) is 31.6. The number of halogens is 2. The Morgan fingerprint density at radius 1 is 0.591 bits per heavy atom. The predicted molar refractivity (Wildman–Crippen MR) is 195 cm³/mol. The number of fused-ring (bicyclic) bond motifs is 2. The third-order valence-corrected chi connectivity index (χ3v) is 62.8. The van der Waals surface area contributed by atoms with Crippen LogP contribution in [-0.4, -0.2) is 5.92 Å². The van der Waals surface area contributed by atoms with Gasteiger partial charge in [-0.1, -0.05) is 0 Å². The number of allylic oxidation sites excluding steroid dienone is 2. The molecule has 0 amide bonds. The Bertz CT molecular complexity index is 1730. The molecule has 2 aliphatic carbocycles. The van der Waals surface area contributed by atoms with E-state index in [-0.39, 0.29) is 7.25 Å². The molecular weight excluding hydrogens is 671 g/mol. The van der Waals surface area contributed by atoms with Gasteiger partial charge >= 0.3 is 276 Å². The molecule has 0 nitrogen and oxygen atoms in total. The van der Waals surface area contributed by atoms with Crippen LogP contribution >= 0.6 is 17.0 Å². The molecule has 0 aromatic heterocycles. The van der Waals surface area contributed by atoms with Gasteiger partial charge in [0.2, 0.25) is 0 Å². The molecule has 0 bridgehead atoms. The van der Waals surface area contributed by atoms with E-state index in [9.17, 15) is 0 Å². The molecule has 4 aromatic rings. The van der Waals surface area contributed by atoms with E-state index < -0.39 is 21.5 Å². The molecule has 6 rings (SSSR count). The summed E-state index contributed by atoms with van der Waals surface area (Å²) < 4.78 is 0.239. The third kappa shape index (κ3) is 4.86. The van der Waals surface area contributed by atoms with Crippen molar-refractivity contribution in [3.63, 3.8) is 0 Å². The van der Waals surface area contributed by atoms with Gasteiger partial charge in [-0.15, -0.1) is 0 Å². The molecule has 0 N–H and O–H groups in total. The Kier molecular flexibility index (Phi) is 8.50. The Labute approximate surface area is 274 Å². The molecule has 44 heavy (non-hydrogen) atoms. The zero-order valence-corrected chi connectivity index (χ0v) is 32.6. The van der Waals surface area contributed by atoms with Crippen molar-refractivity contribution < 1.29 is 15.6 Å². The van der Waals surface area contributed by atoms with Gasteiger partial charge in [0.15, 0.2) is 0 Å². The molecular formula is C40H45Cl2SiZr. The second kappa shape index (κ2) is 11.7. The number of hydrogen-bond acceptors (Lipinski definition) is 0. The summed E-state index contributed by atoms with van der Waals surface area (Å²) in [6.07, 6.45) is 6.86. The molecule has 0 radical (unpaired) electrons. The molecule has 2 aliphatic rings. The molecule has 0 saturated carbocycles. The maximum absolute atomic E-state index is 8.59. The van der Waals surface area contributed by atoms with E-state index in [1.807, 2.05) is 0 Å². The number of aryl methyl sites for hydroxylation is 4. The van der Waals surface area contributed by atoms with Crippen LogP contribution in [0.2, 0.25) is 13.1 Å². The van der Waals surface area contributed by atoms with Gasteiger partial charge in [-0.05, 0) is 0 Å². The van der Waals surface area contributed by atoms with E-state index in [0.29, 0.717) is 0 Å². The summed E-state index contributed by atoms with van der Waals surface area (Å²) in [6, 6.07) is 27.4. The van der Waals surface area contributed by atoms with Crippen molar-refractivity contribution in [3.8, 4) is 22.3 Å². The van der Waals surface area contributed by atoms with Gasteiger partial charge in [0.05, 0.1) is 0 Å². The first kappa shape index (κ1) is 32.0. The van der Waals surface area contributed by atoms with Gasteiger partial charge in [-0.3, -0.25) is 0 Å². The predicted octanol–water partition coefficient (Wildman–Crippen LogP) is 12.6. The first-order valence-electron chi connectivity index (χ1n) is 16.3. The minimum absolute atomic E-state index is 0.120. The minimum atomic E-state index is -4.76. The standard InChI is InChI=1S/2C19H19.C2H7Si.2ClH.Zr/c2*1-4-15-11-16-6-5-7-18(19(16)12-15)17-9-8-13(2)14(3)10-17;1-3-2;;;/h2*5-12H,4H2,1-3H3;3H,1-2H3;2*1H;/q;;;;;+2/p-2. The Morgan fingerprint density at radius 2 is 1.00 bits per heavy atom. The fraction of sp³-hybridized carbons (Fsp3) is 0.300. The van der Waals surface area contributed by atoms with Crippen molar-refractivity contribution in [2.24, 2.45) is 0 Å².